The van der Waals surface area contributed by atoms with Gasteiger partial charge in [0.2, 0.25) is 0 Å². The van der Waals surface area contributed by atoms with E-state index in [0.29, 0.717) is 23.4 Å². The fourth-order valence-electron chi connectivity index (χ4n) is 2.42. The predicted molar refractivity (Wildman–Crippen MR) is 70.5 cm³/mol. The molecule has 3 heterocycles. The normalized spacial score (nSPS) is 17.4. The average Bonchev–Trinajstić information content (AvgIpc) is 2.71. The van der Waals surface area contributed by atoms with Crippen LogP contribution in [-0.4, -0.2) is 22.8 Å². The lowest BCUT2D eigenvalue weighted by molar-refractivity contribution is 0.0676. The van der Waals surface area contributed by atoms with Crippen LogP contribution in [0.3, 0.4) is 0 Å². The van der Waals surface area contributed by atoms with Crippen molar-refractivity contribution in [2.75, 3.05) is 13.2 Å². The van der Waals surface area contributed by atoms with Crippen LogP contribution in [0, 0.1) is 6.92 Å². The van der Waals surface area contributed by atoms with Crippen molar-refractivity contribution in [3.05, 3.63) is 31.8 Å². The van der Waals surface area contributed by atoms with Crippen LogP contribution in [-0.2, 0) is 4.74 Å². The third-order valence-electron chi connectivity index (χ3n) is 3.30. The van der Waals surface area contributed by atoms with Gasteiger partial charge in [-0.1, -0.05) is 0 Å². The van der Waals surface area contributed by atoms with E-state index < -0.39 is 0 Å². The summed E-state index contributed by atoms with van der Waals surface area (Å²) in [5, 5.41) is 0.614. The van der Waals surface area contributed by atoms with Gasteiger partial charge in [0.05, 0.1) is 5.39 Å². The fraction of sp³-hybridized carbons (Fsp3) is 0.500. The van der Waals surface area contributed by atoms with Gasteiger partial charge in [-0.3, -0.25) is 14.3 Å². The number of hydrogen-bond donors (Lipinski definition) is 1. The van der Waals surface area contributed by atoms with Crippen molar-refractivity contribution < 1.29 is 4.74 Å². The van der Waals surface area contributed by atoms with Gasteiger partial charge >= 0.3 is 5.69 Å². The van der Waals surface area contributed by atoms with Gasteiger partial charge in [-0.05, 0) is 25.8 Å². The maximum Gasteiger partial charge on any atom is 0.329 e. The van der Waals surface area contributed by atoms with E-state index in [0.717, 1.165) is 17.7 Å². The lowest BCUT2D eigenvalue weighted by Crippen LogP contribution is -2.39. The molecule has 0 radical (unpaired) electrons. The van der Waals surface area contributed by atoms with Crippen LogP contribution >= 0.6 is 11.3 Å². The van der Waals surface area contributed by atoms with Crippen molar-refractivity contribution in [2.24, 2.45) is 0 Å². The van der Waals surface area contributed by atoms with E-state index in [1.165, 1.54) is 15.9 Å². The molecule has 2 aromatic heterocycles. The number of nitrogens with one attached hydrogen (secondary N) is 1. The minimum Gasteiger partial charge on any atom is -0.381 e. The first-order valence-electron chi connectivity index (χ1n) is 5.99. The molecule has 0 aliphatic carbocycles. The number of thiophene rings is 1. The molecule has 1 saturated heterocycles. The summed E-state index contributed by atoms with van der Waals surface area (Å²) < 4.78 is 6.63. The van der Waals surface area contributed by atoms with Gasteiger partial charge in [0.25, 0.3) is 5.56 Å². The highest BCUT2D eigenvalue weighted by Crippen LogP contribution is 2.21. The molecule has 0 spiro atoms. The Morgan fingerprint density at radius 2 is 2.11 bits per heavy atom. The first-order chi connectivity index (χ1) is 8.66. The van der Waals surface area contributed by atoms with E-state index in [1.54, 1.807) is 0 Å². The SMILES string of the molecule is Cc1cc2c(=O)n(C3CCOCC3)c(=O)[nH]c2s1. The fourth-order valence-corrected chi connectivity index (χ4v) is 3.31. The highest BCUT2D eigenvalue weighted by Gasteiger charge is 2.20. The summed E-state index contributed by atoms with van der Waals surface area (Å²) in [5.74, 6) is 0. The summed E-state index contributed by atoms with van der Waals surface area (Å²) in [6, 6.07) is 1.80. The number of aromatic nitrogens is 2. The van der Waals surface area contributed by atoms with E-state index in [-0.39, 0.29) is 17.3 Å². The Balaban J connectivity index is 2.22. The second-order valence-corrected chi connectivity index (χ2v) is 5.81. The van der Waals surface area contributed by atoms with E-state index in [4.69, 9.17) is 4.74 Å². The molecule has 0 amide bonds. The van der Waals surface area contributed by atoms with Crippen LogP contribution in [0.1, 0.15) is 23.8 Å². The summed E-state index contributed by atoms with van der Waals surface area (Å²) >= 11 is 1.44. The Morgan fingerprint density at radius 1 is 1.39 bits per heavy atom. The third kappa shape index (κ3) is 1.81. The van der Waals surface area contributed by atoms with Crippen LogP contribution < -0.4 is 11.2 Å². The molecule has 0 unspecified atom stereocenters. The van der Waals surface area contributed by atoms with E-state index in [2.05, 4.69) is 4.98 Å². The van der Waals surface area contributed by atoms with Gasteiger partial charge in [-0.2, -0.15) is 0 Å². The van der Waals surface area contributed by atoms with Gasteiger partial charge < -0.3 is 4.74 Å². The van der Waals surface area contributed by atoms with Gasteiger partial charge in [-0.25, -0.2) is 4.79 Å². The minimum atomic E-state index is -0.304. The second-order valence-electron chi connectivity index (χ2n) is 4.55. The smallest absolute Gasteiger partial charge is 0.329 e. The summed E-state index contributed by atoms with van der Waals surface area (Å²) in [6.45, 7) is 3.15. The van der Waals surface area contributed by atoms with E-state index >= 15 is 0 Å². The lowest BCUT2D eigenvalue weighted by atomic mass is 10.1. The van der Waals surface area contributed by atoms with E-state index in [9.17, 15) is 9.59 Å². The number of H-pyrrole nitrogens is 1. The first kappa shape index (κ1) is 11.7. The number of hydrogen-bond acceptors (Lipinski definition) is 4. The summed E-state index contributed by atoms with van der Waals surface area (Å²) in [7, 11) is 0. The van der Waals surface area contributed by atoms with Crippen LogP contribution in [0.4, 0.5) is 0 Å². The number of ether oxygens (including phenoxy) is 1. The lowest BCUT2D eigenvalue weighted by Gasteiger charge is -2.23. The van der Waals surface area contributed by atoms with Crippen molar-refractivity contribution in [3.8, 4) is 0 Å². The Morgan fingerprint density at radius 3 is 2.83 bits per heavy atom. The molecule has 1 fully saturated rings. The highest BCUT2D eigenvalue weighted by molar-refractivity contribution is 7.18. The maximum absolute atomic E-state index is 12.4. The molecule has 1 aliphatic heterocycles. The van der Waals surface area contributed by atoms with Crippen LogP contribution in [0.15, 0.2) is 15.7 Å². The molecular formula is C12H14N2O3S. The van der Waals surface area contributed by atoms with Crippen LogP contribution in [0.2, 0.25) is 0 Å². The molecule has 0 aromatic carbocycles. The minimum absolute atomic E-state index is 0.0420. The van der Waals surface area contributed by atoms with Crippen molar-refractivity contribution in [2.45, 2.75) is 25.8 Å². The monoisotopic (exact) mass is 266 g/mol. The van der Waals surface area contributed by atoms with Gasteiger partial charge in [0.15, 0.2) is 0 Å². The summed E-state index contributed by atoms with van der Waals surface area (Å²) in [4.78, 5) is 28.9. The summed E-state index contributed by atoms with van der Waals surface area (Å²) in [5.41, 5.74) is -0.480. The second kappa shape index (κ2) is 4.37. The van der Waals surface area contributed by atoms with Crippen molar-refractivity contribution in [1.29, 1.82) is 0 Å². The van der Waals surface area contributed by atoms with Gasteiger partial charge in [0.1, 0.15) is 4.83 Å². The first-order valence-corrected chi connectivity index (χ1v) is 6.81. The van der Waals surface area contributed by atoms with Crippen molar-refractivity contribution in [1.82, 2.24) is 9.55 Å². The number of aromatic amines is 1. The van der Waals surface area contributed by atoms with E-state index in [1.807, 2.05) is 13.0 Å². The molecule has 0 saturated carbocycles. The largest absolute Gasteiger partial charge is 0.381 e. The topological polar surface area (TPSA) is 64.1 Å². The third-order valence-corrected chi connectivity index (χ3v) is 4.27. The zero-order valence-electron chi connectivity index (χ0n) is 10.1. The molecule has 5 nitrogen and oxygen atoms in total. The molecule has 1 N–H and O–H groups in total. The highest BCUT2D eigenvalue weighted by atomic mass is 32.1. The standard InChI is InChI=1S/C12H14N2O3S/c1-7-6-9-10(18-7)13-12(16)14(11(9)15)8-2-4-17-5-3-8/h6,8H,2-5H2,1H3,(H,13,16). The zero-order chi connectivity index (χ0) is 12.7. The molecule has 0 atom stereocenters. The quantitative estimate of drug-likeness (QED) is 0.848. The number of rotatable bonds is 1. The Hall–Kier alpha value is -1.40. The maximum atomic E-state index is 12.4. The van der Waals surface area contributed by atoms with Crippen LogP contribution in [0.5, 0.6) is 0 Å². The van der Waals surface area contributed by atoms with Gasteiger partial charge in [0, 0.05) is 24.1 Å². The van der Waals surface area contributed by atoms with Crippen molar-refractivity contribution in [3.63, 3.8) is 0 Å². The number of aryl methyl sites for hydroxylation is 1. The molecule has 6 heteroatoms. The number of nitrogens with zero attached hydrogens (tertiary/aromatic N) is 1. The predicted octanol–water partition coefficient (Wildman–Crippen LogP) is 1.41. The van der Waals surface area contributed by atoms with Crippen molar-refractivity contribution >= 4 is 21.6 Å². The molecule has 18 heavy (non-hydrogen) atoms. The zero-order valence-corrected chi connectivity index (χ0v) is 10.9. The molecule has 2 aromatic rings. The van der Waals surface area contributed by atoms with Gasteiger partial charge in [-0.15, -0.1) is 11.3 Å². The Bertz CT molecular complexity index is 691. The molecule has 96 valence electrons. The number of fused-ring (bicyclic) bond motifs is 1. The molecule has 3 rings (SSSR count). The Labute approximate surface area is 107 Å². The Kier molecular flexibility index (Phi) is 2.83. The summed E-state index contributed by atoms with van der Waals surface area (Å²) in [6.07, 6.45) is 1.44. The van der Waals surface area contributed by atoms with Crippen LogP contribution in [0.25, 0.3) is 10.2 Å². The molecule has 1 aliphatic rings. The molecular weight excluding hydrogens is 252 g/mol. The molecule has 0 bridgehead atoms. The average molecular weight is 266 g/mol.